The van der Waals surface area contributed by atoms with Crippen molar-refractivity contribution in [2.75, 3.05) is 19.0 Å². The molecule has 1 amide bonds. The number of nitrogens with zero attached hydrogens (tertiary/aromatic N) is 1. The minimum atomic E-state index is 0.0512. The Hall–Kier alpha value is -0.250. The summed E-state index contributed by atoms with van der Waals surface area (Å²) in [5.41, 5.74) is 0.640. The molecule has 1 aromatic rings. The fourth-order valence-electron chi connectivity index (χ4n) is 2.27. The second-order valence-corrected chi connectivity index (χ2v) is 6.27. The van der Waals surface area contributed by atoms with Gasteiger partial charge in [0.2, 0.25) is 0 Å². The van der Waals surface area contributed by atoms with Gasteiger partial charge in [0, 0.05) is 34.0 Å². The molecule has 1 saturated heterocycles. The van der Waals surface area contributed by atoms with E-state index in [-0.39, 0.29) is 5.91 Å². The molecular formula is C13H14BrCl2NO. The zero-order valence-corrected chi connectivity index (χ0v) is 12.9. The van der Waals surface area contributed by atoms with E-state index in [1.165, 1.54) is 0 Å². The Morgan fingerprint density at radius 2 is 2.22 bits per heavy atom. The van der Waals surface area contributed by atoms with E-state index in [0.29, 0.717) is 22.4 Å². The third-order valence-corrected chi connectivity index (χ3v) is 4.09. The number of likely N-dealkylation sites (tertiary alicyclic amines) is 1. The van der Waals surface area contributed by atoms with Gasteiger partial charge in [-0.2, -0.15) is 0 Å². The van der Waals surface area contributed by atoms with Gasteiger partial charge in [-0.25, -0.2) is 0 Å². The van der Waals surface area contributed by atoms with Crippen molar-refractivity contribution in [3.05, 3.63) is 33.3 Å². The van der Waals surface area contributed by atoms with Gasteiger partial charge in [0.25, 0.3) is 5.91 Å². The van der Waals surface area contributed by atoms with Gasteiger partial charge in [-0.05, 0) is 37.0 Å². The van der Waals surface area contributed by atoms with Crippen LogP contribution in [0.2, 0.25) is 5.02 Å². The van der Waals surface area contributed by atoms with Crippen LogP contribution < -0.4 is 0 Å². The van der Waals surface area contributed by atoms with Gasteiger partial charge in [-0.3, -0.25) is 4.79 Å². The summed E-state index contributed by atoms with van der Waals surface area (Å²) < 4.78 is 0.829. The van der Waals surface area contributed by atoms with Crippen LogP contribution in [0.3, 0.4) is 0 Å². The van der Waals surface area contributed by atoms with Gasteiger partial charge >= 0.3 is 0 Å². The Morgan fingerprint density at radius 1 is 1.44 bits per heavy atom. The summed E-state index contributed by atoms with van der Waals surface area (Å²) >= 11 is 15.1. The molecule has 0 aromatic heterocycles. The van der Waals surface area contributed by atoms with E-state index in [2.05, 4.69) is 15.9 Å². The van der Waals surface area contributed by atoms with E-state index in [4.69, 9.17) is 23.2 Å². The number of benzene rings is 1. The van der Waals surface area contributed by atoms with Gasteiger partial charge in [0.1, 0.15) is 0 Å². The topological polar surface area (TPSA) is 20.3 Å². The number of carbonyl (C=O) groups excluding carboxylic acids is 1. The van der Waals surface area contributed by atoms with E-state index in [0.717, 1.165) is 30.4 Å². The SMILES string of the molecule is O=C(c1cc(Cl)cc(Br)c1)N1CCC(CCCl)C1. The number of rotatable bonds is 3. The van der Waals surface area contributed by atoms with Crippen molar-refractivity contribution in [1.29, 1.82) is 0 Å². The first-order chi connectivity index (χ1) is 8.60. The predicted molar refractivity (Wildman–Crippen MR) is 78.5 cm³/mol. The van der Waals surface area contributed by atoms with Crippen LogP contribution >= 0.6 is 39.1 Å². The maximum absolute atomic E-state index is 12.3. The number of alkyl halides is 1. The first kappa shape index (κ1) is 14.2. The summed E-state index contributed by atoms with van der Waals surface area (Å²) in [4.78, 5) is 14.2. The normalized spacial score (nSPS) is 19.3. The van der Waals surface area contributed by atoms with Crippen LogP contribution in [-0.4, -0.2) is 29.8 Å². The largest absolute Gasteiger partial charge is 0.338 e. The molecule has 0 radical (unpaired) electrons. The molecule has 0 N–H and O–H groups in total. The molecule has 0 spiro atoms. The minimum Gasteiger partial charge on any atom is -0.338 e. The average Bonchev–Trinajstić information content (AvgIpc) is 2.76. The van der Waals surface area contributed by atoms with E-state index in [1.54, 1.807) is 12.1 Å². The maximum Gasteiger partial charge on any atom is 0.253 e. The van der Waals surface area contributed by atoms with Crippen molar-refractivity contribution in [1.82, 2.24) is 4.90 Å². The third-order valence-electron chi connectivity index (χ3n) is 3.20. The molecule has 1 aliphatic rings. The summed E-state index contributed by atoms with van der Waals surface area (Å²) in [6.07, 6.45) is 2.02. The number of halogens is 3. The minimum absolute atomic E-state index is 0.0512. The monoisotopic (exact) mass is 349 g/mol. The van der Waals surface area contributed by atoms with Gasteiger partial charge in [-0.15, -0.1) is 11.6 Å². The Labute approximate surface area is 125 Å². The zero-order valence-electron chi connectivity index (χ0n) is 9.83. The molecule has 98 valence electrons. The molecule has 1 aliphatic heterocycles. The lowest BCUT2D eigenvalue weighted by molar-refractivity contribution is 0.0787. The van der Waals surface area contributed by atoms with Gasteiger partial charge in [-0.1, -0.05) is 27.5 Å². The molecule has 2 rings (SSSR count). The lowest BCUT2D eigenvalue weighted by atomic mass is 10.1. The van der Waals surface area contributed by atoms with Crippen LogP contribution in [0.25, 0.3) is 0 Å². The van der Waals surface area contributed by atoms with Crippen molar-refractivity contribution in [3.63, 3.8) is 0 Å². The lowest BCUT2D eigenvalue weighted by Crippen LogP contribution is -2.28. The average molecular weight is 351 g/mol. The molecule has 1 heterocycles. The zero-order chi connectivity index (χ0) is 13.1. The highest BCUT2D eigenvalue weighted by Crippen LogP contribution is 2.25. The van der Waals surface area contributed by atoms with Gasteiger partial charge in [0.05, 0.1) is 0 Å². The summed E-state index contributed by atoms with van der Waals surface area (Å²) in [6, 6.07) is 5.30. The van der Waals surface area contributed by atoms with Crippen LogP contribution in [0, 0.1) is 5.92 Å². The van der Waals surface area contributed by atoms with Crippen molar-refractivity contribution >= 4 is 45.0 Å². The Morgan fingerprint density at radius 3 is 2.89 bits per heavy atom. The number of hydrogen-bond donors (Lipinski definition) is 0. The molecule has 1 atom stereocenters. The van der Waals surface area contributed by atoms with Gasteiger partial charge in [0.15, 0.2) is 0 Å². The van der Waals surface area contributed by atoms with Crippen molar-refractivity contribution in [3.8, 4) is 0 Å². The highest BCUT2D eigenvalue weighted by Gasteiger charge is 2.26. The smallest absolute Gasteiger partial charge is 0.253 e. The van der Waals surface area contributed by atoms with Crippen molar-refractivity contribution in [2.45, 2.75) is 12.8 Å². The standard InChI is InChI=1S/C13H14BrCl2NO/c14-11-5-10(6-12(16)7-11)13(18)17-4-2-9(8-17)1-3-15/h5-7,9H,1-4,8H2. The van der Waals surface area contributed by atoms with Crippen molar-refractivity contribution in [2.24, 2.45) is 5.92 Å². The fourth-order valence-corrected chi connectivity index (χ4v) is 3.44. The Bertz CT molecular complexity index is 432. The Balaban J connectivity index is 2.08. The van der Waals surface area contributed by atoms with Crippen LogP contribution in [-0.2, 0) is 0 Å². The predicted octanol–water partition coefficient (Wildman–Crippen LogP) is 4.19. The van der Waals surface area contributed by atoms with E-state index in [9.17, 15) is 4.79 Å². The number of amides is 1. The summed E-state index contributed by atoms with van der Waals surface area (Å²) in [6.45, 7) is 1.61. The highest BCUT2D eigenvalue weighted by molar-refractivity contribution is 9.10. The van der Waals surface area contributed by atoms with Crippen LogP contribution in [0.4, 0.5) is 0 Å². The second kappa shape index (κ2) is 6.27. The van der Waals surface area contributed by atoms with Crippen molar-refractivity contribution < 1.29 is 4.79 Å². The molecule has 1 unspecified atom stereocenters. The molecule has 0 saturated carbocycles. The molecule has 5 heteroatoms. The number of hydrogen-bond acceptors (Lipinski definition) is 1. The van der Waals surface area contributed by atoms with Crippen LogP contribution in [0.1, 0.15) is 23.2 Å². The number of carbonyl (C=O) groups is 1. The van der Waals surface area contributed by atoms with E-state index in [1.807, 2.05) is 11.0 Å². The molecule has 1 aromatic carbocycles. The first-order valence-electron chi connectivity index (χ1n) is 5.91. The summed E-state index contributed by atoms with van der Waals surface area (Å²) in [5, 5.41) is 0.573. The maximum atomic E-state index is 12.3. The third kappa shape index (κ3) is 3.40. The highest BCUT2D eigenvalue weighted by atomic mass is 79.9. The second-order valence-electron chi connectivity index (χ2n) is 4.54. The molecular weight excluding hydrogens is 337 g/mol. The molecule has 2 nitrogen and oxygen atoms in total. The molecule has 18 heavy (non-hydrogen) atoms. The quantitative estimate of drug-likeness (QED) is 0.748. The molecule has 0 aliphatic carbocycles. The van der Waals surface area contributed by atoms with Crippen LogP contribution in [0.5, 0.6) is 0 Å². The fraction of sp³-hybridized carbons (Fsp3) is 0.462. The summed E-state index contributed by atoms with van der Waals surface area (Å²) in [7, 11) is 0. The van der Waals surface area contributed by atoms with Gasteiger partial charge < -0.3 is 4.90 Å². The van der Waals surface area contributed by atoms with E-state index < -0.39 is 0 Å². The lowest BCUT2D eigenvalue weighted by Gasteiger charge is -2.16. The van der Waals surface area contributed by atoms with E-state index >= 15 is 0 Å². The summed E-state index contributed by atoms with van der Waals surface area (Å²) in [5.74, 6) is 1.25. The molecule has 0 bridgehead atoms. The first-order valence-corrected chi connectivity index (χ1v) is 7.62. The Kier molecular flexibility index (Phi) is 4.93. The molecule has 1 fully saturated rings. The van der Waals surface area contributed by atoms with Crippen LogP contribution in [0.15, 0.2) is 22.7 Å².